The molecule has 0 aromatic carbocycles. The van der Waals surface area contributed by atoms with Crippen molar-refractivity contribution in [3.05, 3.63) is 32.6 Å². The molecule has 0 amide bonds. The molecule has 1 aromatic heterocycles. The van der Waals surface area contributed by atoms with E-state index < -0.39 is 29.4 Å². The third kappa shape index (κ3) is 5.50. The second-order valence-corrected chi connectivity index (χ2v) is 11.5. The number of aromatic amines is 1. The van der Waals surface area contributed by atoms with Crippen molar-refractivity contribution in [2.24, 2.45) is 11.8 Å². The number of H-pyrrole nitrogens is 1. The molecule has 4 heterocycles. The fraction of sp³-hybridized carbons (Fsp3) is 0.808. The van der Waals surface area contributed by atoms with Crippen molar-refractivity contribution in [3.8, 4) is 0 Å². The molecule has 6 atom stereocenters. The van der Waals surface area contributed by atoms with Crippen molar-refractivity contribution in [3.63, 3.8) is 0 Å². The number of hydrogen-bond acceptors (Lipinski definition) is 9. The van der Waals surface area contributed by atoms with Crippen LogP contribution in [0.5, 0.6) is 0 Å². The number of aromatic nitrogens is 2. The van der Waals surface area contributed by atoms with Gasteiger partial charge in [0, 0.05) is 24.6 Å². The van der Waals surface area contributed by atoms with E-state index in [1.54, 1.807) is 6.92 Å². The fourth-order valence-electron chi connectivity index (χ4n) is 6.96. The van der Waals surface area contributed by atoms with Crippen molar-refractivity contribution >= 4 is 6.16 Å². The smallest absolute Gasteiger partial charge is 0.432 e. The first-order valence-electron chi connectivity index (χ1n) is 13.7. The molecule has 6 unspecified atom stereocenters. The fourth-order valence-corrected chi connectivity index (χ4v) is 6.96. The highest BCUT2D eigenvalue weighted by molar-refractivity contribution is 5.60. The highest BCUT2D eigenvalue weighted by atomic mass is 17.2. The summed E-state index contributed by atoms with van der Waals surface area (Å²) in [6.45, 7) is 1.65. The Balaban J connectivity index is 1.01. The van der Waals surface area contributed by atoms with E-state index in [1.165, 1.54) is 17.2 Å². The minimum Gasteiger partial charge on any atom is -0.432 e. The van der Waals surface area contributed by atoms with E-state index in [0.717, 1.165) is 32.1 Å². The van der Waals surface area contributed by atoms with Gasteiger partial charge in [-0.15, -0.1) is 0 Å². The summed E-state index contributed by atoms with van der Waals surface area (Å²) in [4.78, 5) is 50.4. The summed E-state index contributed by atoms with van der Waals surface area (Å²) in [5, 5.41) is 0. The predicted molar refractivity (Wildman–Crippen MR) is 128 cm³/mol. The van der Waals surface area contributed by atoms with Gasteiger partial charge in [0.15, 0.2) is 0 Å². The van der Waals surface area contributed by atoms with E-state index in [1.807, 2.05) is 0 Å². The lowest BCUT2D eigenvalue weighted by atomic mass is 9.70. The number of carbonyl (C=O) groups excluding carboxylic acids is 1. The molecule has 1 N–H and O–H groups in total. The molecule has 3 aliphatic heterocycles. The number of fused-ring (bicyclic) bond motifs is 1. The van der Waals surface area contributed by atoms with Crippen LogP contribution in [0.25, 0.3) is 0 Å². The zero-order chi connectivity index (χ0) is 25.6. The largest absolute Gasteiger partial charge is 0.508 e. The molecule has 4 bridgehead atoms. The van der Waals surface area contributed by atoms with Crippen molar-refractivity contribution in [1.29, 1.82) is 0 Å². The molecule has 6 fully saturated rings. The Kier molecular flexibility index (Phi) is 6.89. The number of nitrogens with zero attached hydrogens (tertiary/aromatic N) is 1. The first-order valence-corrected chi connectivity index (χ1v) is 13.7. The Morgan fingerprint density at radius 2 is 1.89 bits per heavy atom. The number of ether oxygens (including phenoxy) is 4. The van der Waals surface area contributed by atoms with Gasteiger partial charge in [-0.25, -0.2) is 19.4 Å². The molecule has 1 aromatic rings. The normalized spacial score (nSPS) is 39.2. The highest BCUT2D eigenvalue weighted by Crippen LogP contribution is 2.47. The van der Waals surface area contributed by atoms with Crippen LogP contribution in [0.4, 0.5) is 4.79 Å². The Morgan fingerprint density at radius 3 is 2.70 bits per heavy atom. The summed E-state index contributed by atoms with van der Waals surface area (Å²) in [5.74, 6) is 0.379. The predicted octanol–water partition coefficient (Wildman–Crippen LogP) is 3.24. The monoisotopic (exact) mass is 520 g/mol. The third-order valence-corrected chi connectivity index (χ3v) is 8.58. The molecule has 3 saturated heterocycles. The summed E-state index contributed by atoms with van der Waals surface area (Å²) in [6.07, 6.45) is 8.94. The Hall–Kier alpha value is -2.21. The molecule has 3 saturated carbocycles. The van der Waals surface area contributed by atoms with Crippen molar-refractivity contribution in [1.82, 2.24) is 9.55 Å². The molecule has 204 valence electrons. The van der Waals surface area contributed by atoms with Gasteiger partial charge in [-0.05, 0) is 76.5 Å². The van der Waals surface area contributed by atoms with Crippen LogP contribution in [-0.2, 0) is 28.7 Å². The van der Waals surface area contributed by atoms with Crippen molar-refractivity contribution in [2.45, 2.75) is 114 Å². The molecule has 6 aliphatic rings. The Bertz CT molecular complexity index is 1100. The van der Waals surface area contributed by atoms with Gasteiger partial charge >= 0.3 is 11.8 Å². The number of nitrogens with one attached hydrogen (secondary N) is 1. The van der Waals surface area contributed by atoms with Crippen molar-refractivity contribution < 1.29 is 33.5 Å². The number of aryl methyl sites for hydroxylation is 1. The van der Waals surface area contributed by atoms with E-state index in [4.69, 9.17) is 28.7 Å². The van der Waals surface area contributed by atoms with Crippen LogP contribution >= 0.6 is 0 Å². The zero-order valence-corrected chi connectivity index (χ0v) is 21.2. The van der Waals surface area contributed by atoms with Gasteiger partial charge in [-0.1, -0.05) is 0 Å². The molecule has 1 spiro atoms. The van der Waals surface area contributed by atoms with E-state index >= 15 is 0 Å². The first-order chi connectivity index (χ1) is 17.8. The maximum Gasteiger partial charge on any atom is 0.508 e. The highest BCUT2D eigenvalue weighted by Gasteiger charge is 2.48. The standard InChI is InChI=1S/C26H36N2O9/c1-15-13-28(24(30)27-23(15)29)22-5-4-19(33-22)14-32-25(31)34-18-3-2-6-26(12-18)35-20-8-16-7-17(9-20)11-21(10-16)36-37-26/h13,16-22H,2-12,14H2,1H3,(H,27,29,30). The Labute approximate surface area is 214 Å². The molecule has 37 heavy (non-hydrogen) atoms. The second kappa shape index (κ2) is 10.2. The third-order valence-electron chi connectivity index (χ3n) is 8.58. The molecule has 11 nitrogen and oxygen atoms in total. The minimum absolute atomic E-state index is 0.0208. The molecular weight excluding hydrogens is 484 g/mol. The molecular formula is C26H36N2O9. The van der Waals surface area contributed by atoms with Gasteiger partial charge in [-0.3, -0.25) is 14.3 Å². The van der Waals surface area contributed by atoms with E-state index in [9.17, 15) is 14.4 Å². The van der Waals surface area contributed by atoms with Crippen LogP contribution in [0.3, 0.4) is 0 Å². The zero-order valence-electron chi connectivity index (χ0n) is 21.2. The SMILES string of the molecule is Cc1cn(C2CCC(COC(=O)OC3CCCC4(C3)OOC3CC5CC(C3)CC(C5)O4)O2)c(=O)[nH]c1=O. The lowest BCUT2D eigenvalue weighted by Crippen LogP contribution is -2.46. The summed E-state index contributed by atoms with van der Waals surface area (Å²) >= 11 is 0. The maximum atomic E-state index is 12.5. The van der Waals surface area contributed by atoms with E-state index in [-0.39, 0.29) is 31.0 Å². The van der Waals surface area contributed by atoms with Crippen LogP contribution in [-0.4, -0.2) is 52.5 Å². The average Bonchev–Trinajstić information content (AvgIpc) is 3.34. The van der Waals surface area contributed by atoms with Gasteiger partial charge in [0.1, 0.15) is 18.9 Å². The lowest BCUT2D eigenvalue weighted by molar-refractivity contribution is -0.456. The lowest BCUT2D eigenvalue weighted by Gasteiger charge is -2.42. The van der Waals surface area contributed by atoms with Crippen LogP contribution in [0.2, 0.25) is 0 Å². The van der Waals surface area contributed by atoms with Gasteiger partial charge < -0.3 is 18.9 Å². The quantitative estimate of drug-likeness (QED) is 0.470. The van der Waals surface area contributed by atoms with E-state index in [2.05, 4.69) is 4.98 Å². The van der Waals surface area contributed by atoms with E-state index in [0.29, 0.717) is 49.5 Å². The van der Waals surface area contributed by atoms with Gasteiger partial charge in [0.05, 0.1) is 18.3 Å². The first kappa shape index (κ1) is 25.1. The topological polar surface area (TPSA) is 127 Å². The van der Waals surface area contributed by atoms with Gasteiger partial charge in [0.2, 0.25) is 5.79 Å². The average molecular weight is 521 g/mol. The van der Waals surface area contributed by atoms with Crippen LogP contribution in [0.15, 0.2) is 15.8 Å². The maximum absolute atomic E-state index is 12.5. The van der Waals surface area contributed by atoms with Crippen molar-refractivity contribution in [2.75, 3.05) is 6.61 Å². The Morgan fingerprint density at radius 1 is 1.11 bits per heavy atom. The van der Waals surface area contributed by atoms with Crippen LogP contribution in [0, 0.1) is 18.8 Å². The molecule has 3 aliphatic carbocycles. The van der Waals surface area contributed by atoms with Crippen LogP contribution < -0.4 is 11.2 Å². The van der Waals surface area contributed by atoms with Gasteiger partial charge in [0.25, 0.3) is 5.56 Å². The second-order valence-electron chi connectivity index (χ2n) is 11.5. The van der Waals surface area contributed by atoms with Crippen LogP contribution in [0.1, 0.15) is 82.4 Å². The molecule has 11 heteroatoms. The summed E-state index contributed by atoms with van der Waals surface area (Å²) in [7, 11) is 0. The summed E-state index contributed by atoms with van der Waals surface area (Å²) < 4.78 is 24.8. The number of hydrogen-bond donors (Lipinski definition) is 1. The number of rotatable bonds is 4. The summed E-state index contributed by atoms with van der Waals surface area (Å²) in [5.41, 5.74) is -0.509. The van der Waals surface area contributed by atoms with Gasteiger partial charge in [-0.2, -0.15) is 0 Å². The summed E-state index contributed by atoms with van der Waals surface area (Å²) in [6, 6.07) is 0. The molecule has 7 rings (SSSR count). The number of carbonyl (C=O) groups is 1. The molecule has 0 radical (unpaired) electrons. The minimum atomic E-state index is -0.892.